The van der Waals surface area contributed by atoms with Crippen LogP contribution in [-0.4, -0.2) is 40.5 Å². The van der Waals surface area contributed by atoms with Crippen molar-refractivity contribution in [2.75, 3.05) is 29.4 Å². The van der Waals surface area contributed by atoms with Gasteiger partial charge in [-0.3, -0.25) is 4.90 Å². The van der Waals surface area contributed by atoms with Crippen molar-refractivity contribution in [2.45, 2.75) is 25.9 Å². The number of nitrogens with zero attached hydrogens (tertiary/aromatic N) is 4. The first-order valence-electron chi connectivity index (χ1n) is 12.3. The normalized spacial score (nSPS) is 15.4. The third-order valence-corrected chi connectivity index (χ3v) is 7.06. The Morgan fingerprint density at radius 2 is 1.71 bits per heavy atom. The number of hydrogen-bond donors (Lipinski definition) is 1. The zero-order valence-electron chi connectivity index (χ0n) is 19.7. The van der Waals surface area contributed by atoms with E-state index in [9.17, 15) is 4.79 Å². The molecule has 6 rings (SSSR count). The molecule has 0 aliphatic carbocycles. The molecule has 4 aromatic rings. The van der Waals surface area contributed by atoms with E-state index in [1.165, 1.54) is 27.9 Å². The van der Waals surface area contributed by atoms with Crippen LogP contribution in [-0.2, 0) is 19.5 Å². The summed E-state index contributed by atoms with van der Waals surface area (Å²) in [5, 5.41) is 0. The number of benzene rings is 3. The molecule has 6 nitrogen and oxygen atoms in total. The second-order valence-corrected chi connectivity index (χ2v) is 9.30. The first-order valence-corrected chi connectivity index (χ1v) is 12.3. The molecule has 0 atom stereocenters. The highest BCUT2D eigenvalue weighted by Crippen LogP contribution is 2.33. The van der Waals surface area contributed by atoms with E-state index >= 15 is 0 Å². The fourth-order valence-corrected chi connectivity index (χ4v) is 5.28. The van der Waals surface area contributed by atoms with Crippen molar-refractivity contribution < 1.29 is 4.79 Å². The Morgan fingerprint density at radius 3 is 2.57 bits per heavy atom. The zero-order chi connectivity index (χ0) is 23.6. The average Bonchev–Trinajstić information content (AvgIpc) is 3.36. The Balaban J connectivity index is 1.35. The number of rotatable bonds is 3. The summed E-state index contributed by atoms with van der Waals surface area (Å²) < 4.78 is 0. The van der Waals surface area contributed by atoms with E-state index in [2.05, 4.69) is 75.5 Å². The minimum absolute atomic E-state index is 0.0941. The molecule has 2 amide bonds. The highest BCUT2D eigenvalue weighted by molar-refractivity contribution is 5.93. The number of carbonyl (C=O) groups excluding carboxylic acids is 1. The number of carbonyl (C=O) groups is 1. The highest BCUT2D eigenvalue weighted by Gasteiger charge is 2.30. The van der Waals surface area contributed by atoms with Crippen LogP contribution in [0.1, 0.15) is 23.2 Å². The number of anilines is 2. The van der Waals surface area contributed by atoms with Gasteiger partial charge in [0, 0.05) is 43.8 Å². The van der Waals surface area contributed by atoms with E-state index < -0.39 is 0 Å². The molecule has 0 unspecified atom stereocenters. The van der Waals surface area contributed by atoms with E-state index in [1.807, 2.05) is 28.1 Å². The lowest BCUT2D eigenvalue weighted by Crippen LogP contribution is -2.46. The number of amides is 2. The Kier molecular flexibility index (Phi) is 5.70. The molecular formula is C29H29N5O. The largest absolute Gasteiger partial charge is 0.364 e. The molecule has 1 aromatic heterocycles. The standard InChI is InChI=1S/C29H29N5O/c35-29(34-14-6-10-23-9-4-5-11-28(23)34)33-16-15-32(20-26-18-30-21-31-26)27-13-12-24(17-25(27)19-33)22-7-2-1-3-8-22/h1-5,7-9,11-13,17-18,21H,6,10,14-16,19-20H2,(H,30,31). The number of imidazole rings is 1. The van der Waals surface area contributed by atoms with Crippen molar-refractivity contribution in [3.63, 3.8) is 0 Å². The summed E-state index contributed by atoms with van der Waals surface area (Å²) in [4.78, 5) is 27.6. The molecule has 1 N–H and O–H groups in total. The molecule has 0 fully saturated rings. The zero-order valence-corrected chi connectivity index (χ0v) is 19.7. The Hall–Kier alpha value is -4.06. The molecule has 176 valence electrons. The third kappa shape index (κ3) is 4.28. The van der Waals surface area contributed by atoms with Crippen LogP contribution < -0.4 is 9.80 Å². The Labute approximate surface area is 205 Å². The molecule has 6 heteroatoms. The molecule has 35 heavy (non-hydrogen) atoms. The summed E-state index contributed by atoms with van der Waals surface area (Å²) in [5.74, 6) is 0. The summed E-state index contributed by atoms with van der Waals surface area (Å²) in [7, 11) is 0. The molecule has 0 radical (unpaired) electrons. The Bertz CT molecular complexity index is 1320. The van der Waals surface area contributed by atoms with Gasteiger partial charge in [-0.1, -0.05) is 54.6 Å². The summed E-state index contributed by atoms with van der Waals surface area (Å²) in [6, 6.07) is 25.5. The molecule has 2 aliphatic rings. The van der Waals surface area contributed by atoms with Gasteiger partial charge in [0.1, 0.15) is 0 Å². The van der Waals surface area contributed by atoms with E-state index in [0.717, 1.165) is 43.9 Å². The highest BCUT2D eigenvalue weighted by atomic mass is 16.2. The number of hydrogen-bond acceptors (Lipinski definition) is 3. The van der Waals surface area contributed by atoms with Crippen molar-refractivity contribution in [3.05, 3.63) is 102 Å². The van der Waals surface area contributed by atoms with Gasteiger partial charge in [-0.05, 0) is 53.3 Å². The van der Waals surface area contributed by atoms with Crippen molar-refractivity contribution in [2.24, 2.45) is 0 Å². The third-order valence-electron chi connectivity index (χ3n) is 7.06. The number of aryl methyl sites for hydroxylation is 1. The predicted octanol–water partition coefficient (Wildman–Crippen LogP) is 5.47. The van der Waals surface area contributed by atoms with E-state index in [1.54, 1.807) is 6.33 Å². The first kappa shape index (κ1) is 21.5. The van der Waals surface area contributed by atoms with Crippen molar-refractivity contribution in [1.82, 2.24) is 14.9 Å². The number of H-pyrrole nitrogens is 1. The number of fused-ring (bicyclic) bond motifs is 2. The topological polar surface area (TPSA) is 55.5 Å². The molecule has 0 saturated carbocycles. The molecule has 0 saturated heterocycles. The second-order valence-electron chi connectivity index (χ2n) is 9.30. The van der Waals surface area contributed by atoms with Crippen LogP contribution in [0.5, 0.6) is 0 Å². The van der Waals surface area contributed by atoms with Crippen LogP contribution in [0.2, 0.25) is 0 Å². The number of para-hydroxylation sites is 1. The maximum absolute atomic E-state index is 13.9. The average molecular weight is 464 g/mol. The fraction of sp³-hybridized carbons (Fsp3) is 0.241. The second kappa shape index (κ2) is 9.29. The number of aromatic nitrogens is 2. The maximum atomic E-state index is 13.9. The van der Waals surface area contributed by atoms with Gasteiger partial charge in [0.2, 0.25) is 0 Å². The summed E-state index contributed by atoms with van der Waals surface area (Å²) in [6.07, 6.45) is 5.62. The maximum Gasteiger partial charge on any atom is 0.324 e. The Morgan fingerprint density at radius 1 is 0.857 bits per heavy atom. The van der Waals surface area contributed by atoms with Gasteiger partial charge in [0.15, 0.2) is 0 Å². The molecular weight excluding hydrogens is 434 g/mol. The van der Waals surface area contributed by atoms with Crippen LogP contribution >= 0.6 is 0 Å². The molecule has 3 heterocycles. The van der Waals surface area contributed by atoms with Crippen LogP contribution in [0, 0.1) is 0 Å². The predicted molar refractivity (Wildman–Crippen MR) is 139 cm³/mol. The van der Waals surface area contributed by atoms with Crippen LogP contribution in [0.4, 0.5) is 16.2 Å². The molecule has 0 spiro atoms. The van der Waals surface area contributed by atoms with E-state index in [-0.39, 0.29) is 6.03 Å². The smallest absolute Gasteiger partial charge is 0.324 e. The number of aromatic amines is 1. The lowest BCUT2D eigenvalue weighted by atomic mass is 10.0. The van der Waals surface area contributed by atoms with Gasteiger partial charge in [-0.25, -0.2) is 9.78 Å². The van der Waals surface area contributed by atoms with Gasteiger partial charge in [-0.15, -0.1) is 0 Å². The lowest BCUT2D eigenvalue weighted by molar-refractivity contribution is 0.204. The van der Waals surface area contributed by atoms with Crippen LogP contribution in [0.25, 0.3) is 11.1 Å². The van der Waals surface area contributed by atoms with E-state index in [4.69, 9.17) is 0 Å². The van der Waals surface area contributed by atoms with Gasteiger partial charge < -0.3 is 14.8 Å². The summed E-state index contributed by atoms with van der Waals surface area (Å²) in [6.45, 7) is 3.51. The molecule has 3 aromatic carbocycles. The van der Waals surface area contributed by atoms with Gasteiger partial charge >= 0.3 is 6.03 Å². The monoisotopic (exact) mass is 463 g/mol. The minimum atomic E-state index is 0.0941. The number of nitrogens with one attached hydrogen (secondary N) is 1. The van der Waals surface area contributed by atoms with Crippen LogP contribution in [0.15, 0.2) is 85.3 Å². The number of urea groups is 1. The summed E-state index contributed by atoms with van der Waals surface area (Å²) >= 11 is 0. The SMILES string of the molecule is O=C(N1CCN(Cc2cnc[nH]2)c2ccc(-c3ccccc3)cc2C1)N1CCCc2ccccc21. The van der Waals surface area contributed by atoms with Gasteiger partial charge in [0.25, 0.3) is 0 Å². The van der Waals surface area contributed by atoms with Crippen molar-refractivity contribution in [3.8, 4) is 11.1 Å². The van der Waals surface area contributed by atoms with E-state index in [0.29, 0.717) is 13.1 Å². The quantitative estimate of drug-likeness (QED) is 0.438. The van der Waals surface area contributed by atoms with Gasteiger partial charge in [-0.2, -0.15) is 0 Å². The van der Waals surface area contributed by atoms with Crippen molar-refractivity contribution >= 4 is 17.4 Å². The molecule has 0 bridgehead atoms. The fourth-order valence-electron chi connectivity index (χ4n) is 5.28. The lowest BCUT2D eigenvalue weighted by Gasteiger charge is -2.34. The van der Waals surface area contributed by atoms with Crippen molar-refractivity contribution in [1.29, 1.82) is 0 Å². The molecule has 2 aliphatic heterocycles. The van der Waals surface area contributed by atoms with Gasteiger partial charge in [0.05, 0.1) is 18.6 Å². The van der Waals surface area contributed by atoms with Crippen LogP contribution in [0.3, 0.4) is 0 Å². The minimum Gasteiger partial charge on any atom is -0.364 e. The summed E-state index contributed by atoms with van der Waals surface area (Å²) in [5.41, 5.74) is 8.07. The first-order chi connectivity index (χ1) is 17.3.